The molecule has 12 heteroatoms. The van der Waals surface area contributed by atoms with Crippen molar-refractivity contribution in [3.8, 4) is 0 Å². The summed E-state index contributed by atoms with van der Waals surface area (Å²) in [7, 11) is -14.7. The van der Waals surface area contributed by atoms with E-state index in [4.69, 9.17) is 0 Å². The van der Waals surface area contributed by atoms with Crippen LogP contribution in [-0.4, -0.2) is 23.5 Å². The maximum Gasteiger partial charge on any atom is 0.357 e. The maximum absolute atomic E-state index is 13.6. The lowest BCUT2D eigenvalue weighted by Crippen LogP contribution is -2.12. The van der Waals surface area contributed by atoms with Gasteiger partial charge in [-0.2, -0.15) is 24.8 Å². The van der Waals surface area contributed by atoms with Crippen molar-refractivity contribution < 1.29 is 38.1 Å². The van der Waals surface area contributed by atoms with Crippen LogP contribution in [0.25, 0.3) is 0 Å². The van der Waals surface area contributed by atoms with Crippen molar-refractivity contribution in [3.05, 3.63) is 60.2 Å². The number of hydrogen-bond acceptors (Lipinski definition) is 7. The molecular formula is C13H11F2O7PS2. The molecule has 0 saturated carbocycles. The molecule has 0 saturated heterocycles. The van der Waals surface area contributed by atoms with Gasteiger partial charge >= 0.3 is 27.8 Å². The van der Waals surface area contributed by atoms with E-state index in [1.807, 2.05) is 0 Å². The van der Waals surface area contributed by atoms with Gasteiger partial charge < -0.3 is 0 Å². The summed E-state index contributed by atoms with van der Waals surface area (Å²) < 4.78 is 95.7. The van der Waals surface area contributed by atoms with Crippen molar-refractivity contribution in [3.63, 3.8) is 0 Å². The normalized spacial score (nSPS) is 12.9. The minimum atomic E-state index is -4.93. The van der Waals surface area contributed by atoms with E-state index in [1.165, 1.54) is 24.3 Å². The summed E-state index contributed by atoms with van der Waals surface area (Å²) in [5.41, 5.74) is 0. The van der Waals surface area contributed by atoms with Gasteiger partial charge in [-0.05, 0) is 24.3 Å². The zero-order chi connectivity index (χ0) is 18.9. The molecule has 7 nitrogen and oxygen atoms in total. The Bertz CT molecular complexity index is 970. The fraction of sp³-hybridized carbons (Fsp3) is 0.0769. The third-order valence-corrected chi connectivity index (χ3v) is 8.15. The summed E-state index contributed by atoms with van der Waals surface area (Å²) in [6, 6.07) is 8.05. The van der Waals surface area contributed by atoms with Crippen LogP contribution in [-0.2, 0) is 32.7 Å². The van der Waals surface area contributed by atoms with Crippen LogP contribution in [0.15, 0.2) is 58.3 Å². The first-order valence-corrected chi connectivity index (χ1v) is 11.2. The van der Waals surface area contributed by atoms with Crippen LogP contribution in [0, 0.1) is 11.6 Å². The standard InChI is InChI=1S/C13H11F2O7PS2/c1-23(16,21-24(17,18)12-8-4-2-6-10(12)14)22-25(19,20)13-9-5-3-7-11(13)15/h2-9H,1H3. The van der Waals surface area contributed by atoms with Crippen LogP contribution in [0.3, 0.4) is 0 Å². The molecule has 0 amide bonds. The van der Waals surface area contributed by atoms with Crippen LogP contribution in [0.4, 0.5) is 8.78 Å². The Morgan fingerprint density at radius 1 is 0.760 bits per heavy atom. The molecule has 0 fully saturated rings. The van der Waals surface area contributed by atoms with Crippen molar-refractivity contribution in [1.82, 2.24) is 0 Å². The van der Waals surface area contributed by atoms with Crippen LogP contribution in [0.5, 0.6) is 0 Å². The van der Waals surface area contributed by atoms with Gasteiger partial charge in [0.1, 0.15) is 21.4 Å². The molecule has 0 N–H and O–H groups in total. The summed E-state index contributed by atoms with van der Waals surface area (Å²) in [6.07, 6.45) is 0. The van der Waals surface area contributed by atoms with Gasteiger partial charge in [-0.3, -0.25) is 4.57 Å². The Hall–Kier alpha value is -1.65. The Morgan fingerprint density at radius 2 is 1.08 bits per heavy atom. The molecule has 0 bridgehead atoms. The van der Waals surface area contributed by atoms with Gasteiger partial charge in [0.15, 0.2) is 0 Å². The monoisotopic (exact) mass is 412 g/mol. The van der Waals surface area contributed by atoms with Gasteiger partial charge in [-0.1, -0.05) is 24.3 Å². The summed E-state index contributed by atoms with van der Waals surface area (Å²) in [6.45, 7) is 0.545. The molecule has 2 aromatic carbocycles. The minimum absolute atomic E-state index is 0.545. The van der Waals surface area contributed by atoms with Crippen LogP contribution in [0.2, 0.25) is 0 Å². The lowest BCUT2D eigenvalue weighted by atomic mass is 10.4. The summed E-state index contributed by atoms with van der Waals surface area (Å²) in [5, 5.41) is 0. The fourth-order valence-electron chi connectivity index (χ4n) is 1.74. The second kappa shape index (κ2) is 6.93. The topological polar surface area (TPSA) is 104 Å². The fourth-order valence-corrected chi connectivity index (χ4v) is 6.67. The van der Waals surface area contributed by atoms with Crippen LogP contribution >= 0.6 is 7.60 Å². The molecule has 136 valence electrons. The number of hydrogen-bond donors (Lipinski definition) is 0. The van der Waals surface area contributed by atoms with Crippen molar-refractivity contribution in [2.75, 3.05) is 6.66 Å². The summed E-state index contributed by atoms with van der Waals surface area (Å²) in [5.74, 6) is -2.39. The van der Waals surface area contributed by atoms with E-state index < -0.39 is 49.3 Å². The molecule has 0 aliphatic carbocycles. The van der Waals surface area contributed by atoms with E-state index in [0.717, 1.165) is 24.3 Å². The average molecular weight is 412 g/mol. The largest absolute Gasteiger partial charge is 0.357 e. The maximum atomic E-state index is 13.6. The Morgan fingerprint density at radius 3 is 1.40 bits per heavy atom. The van der Waals surface area contributed by atoms with E-state index in [2.05, 4.69) is 7.94 Å². The number of rotatable bonds is 6. The molecular weight excluding hydrogens is 401 g/mol. The van der Waals surface area contributed by atoms with Gasteiger partial charge in [0.2, 0.25) is 0 Å². The van der Waals surface area contributed by atoms with Crippen molar-refractivity contribution in [2.24, 2.45) is 0 Å². The molecule has 25 heavy (non-hydrogen) atoms. The predicted molar refractivity (Wildman–Crippen MR) is 82.9 cm³/mol. The molecule has 0 aliphatic rings. The lowest BCUT2D eigenvalue weighted by Gasteiger charge is -2.14. The zero-order valence-electron chi connectivity index (χ0n) is 12.5. The molecule has 0 radical (unpaired) electrons. The average Bonchev–Trinajstić information content (AvgIpc) is 2.45. The van der Waals surface area contributed by atoms with E-state index in [0.29, 0.717) is 6.66 Å². The first-order chi connectivity index (χ1) is 11.4. The van der Waals surface area contributed by atoms with E-state index in [-0.39, 0.29) is 0 Å². The quantitative estimate of drug-likeness (QED) is 0.672. The molecule has 0 atom stereocenters. The van der Waals surface area contributed by atoms with Gasteiger partial charge in [0.25, 0.3) is 0 Å². The van der Waals surface area contributed by atoms with E-state index >= 15 is 0 Å². The molecule has 0 spiro atoms. The Kier molecular flexibility index (Phi) is 5.45. The molecule has 0 heterocycles. The molecule has 0 aliphatic heterocycles. The summed E-state index contributed by atoms with van der Waals surface area (Å²) >= 11 is 0. The number of benzene rings is 2. The highest BCUT2D eigenvalue weighted by Crippen LogP contribution is 2.50. The highest BCUT2D eigenvalue weighted by Gasteiger charge is 2.36. The Labute approximate surface area is 143 Å². The first kappa shape index (κ1) is 19.7. The Balaban J connectivity index is 2.33. The van der Waals surface area contributed by atoms with Crippen LogP contribution in [0.1, 0.15) is 0 Å². The van der Waals surface area contributed by atoms with Crippen molar-refractivity contribution >= 4 is 27.8 Å². The van der Waals surface area contributed by atoms with Gasteiger partial charge in [0, 0.05) is 6.66 Å². The molecule has 2 aromatic rings. The smallest absolute Gasteiger partial charge is 0.258 e. The van der Waals surface area contributed by atoms with E-state index in [1.54, 1.807) is 0 Å². The highest BCUT2D eigenvalue weighted by atomic mass is 32.2. The lowest BCUT2D eigenvalue weighted by molar-refractivity contribution is 0.383. The second-order valence-corrected chi connectivity index (χ2v) is 10.1. The summed E-state index contributed by atoms with van der Waals surface area (Å²) in [4.78, 5) is -1.91. The molecule has 0 unspecified atom stereocenters. The minimum Gasteiger partial charge on any atom is -0.258 e. The third-order valence-electron chi connectivity index (χ3n) is 2.68. The van der Waals surface area contributed by atoms with Crippen molar-refractivity contribution in [2.45, 2.75) is 9.79 Å². The van der Waals surface area contributed by atoms with Gasteiger partial charge in [0.05, 0.1) is 0 Å². The molecule has 2 rings (SSSR count). The second-order valence-electron chi connectivity index (χ2n) is 4.69. The first-order valence-electron chi connectivity index (χ1n) is 6.44. The van der Waals surface area contributed by atoms with Crippen LogP contribution < -0.4 is 0 Å². The molecule has 0 aromatic heterocycles. The van der Waals surface area contributed by atoms with Gasteiger partial charge in [-0.25, -0.2) is 8.78 Å². The zero-order valence-corrected chi connectivity index (χ0v) is 15.0. The van der Waals surface area contributed by atoms with Gasteiger partial charge in [-0.15, -0.1) is 0 Å². The third kappa shape index (κ3) is 4.71. The number of halogens is 2. The highest BCUT2D eigenvalue weighted by molar-refractivity contribution is 7.95. The SMILES string of the molecule is CP(=O)(OS(=O)(=O)c1ccccc1F)OS(=O)(=O)c1ccccc1F. The van der Waals surface area contributed by atoms with E-state index in [9.17, 15) is 30.2 Å². The van der Waals surface area contributed by atoms with Crippen molar-refractivity contribution in [1.29, 1.82) is 0 Å². The predicted octanol–water partition coefficient (Wildman–Crippen LogP) is 2.90.